The zero-order valence-electron chi connectivity index (χ0n) is 9.83. The second-order valence-corrected chi connectivity index (χ2v) is 5.13. The number of aromatic hydroxyl groups is 1. The van der Waals surface area contributed by atoms with E-state index in [1.807, 2.05) is 26.8 Å². The molecule has 0 aromatic heterocycles. The summed E-state index contributed by atoms with van der Waals surface area (Å²) in [5, 5.41) is 10.1. The zero-order valence-corrected chi connectivity index (χ0v) is 9.83. The molecule has 0 amide bonds. The summed E-state index contributed by atoms with van der Waals surface area (Å²) in [7, 11) is 0. The van der Waals surface area contributed by atoms with Crippen LogP contribution in [0.3, 0.4) is 0 Å². The van der Waals surface area contributed by atoms with E-state index in [-0.39, 0.29) is 11.2 Å². The van der Waals surface area contributed by atoms with Crippen molar-refractivity contribution in [2.24, 2.45) is 0 Å². The third-order valence-corrected chi connectivity index (χ3v) is 2.94. The predicted octanol–water partition coefficient (Wildman–Crippen LogP) is 2.44. The first-order valence-corrected chi connectivity index (χ1v) is 5.42. The molecule has 1 aliphatic heterocycles. The molecule has 1 heterocycles. The van der Waals surface area contributed by atoms with Gasteiger partial charge < -0.3 is 9.84 Å². The van der Waals surface area contributed by atoms with Crippen LogP contribution in [0.1, 0.15) is 42.3 Å². The third kappa shape index (κ3) is 1.56. The number of phenolic OH excluding ortho intramolecular Hbond substituents is 1. The van der Waals surface area contributed by atoms with Gasteiger partial charge in [0.25, 0.3) is 0 Å². The van der Waals surface area contributed by atoms with Crippen LogP contribution >= 0.6 is 0 Å². The number of aldehydes is 1. The highest BCUT2D eigenvalue weighted by molar-refractivity contribution is 5.84. The predicted molar refractivity (Wildman–Crippen MR) is 61.4 cm³/mol. The normalized spacial score (nSPS) is 14.4. The van der Waals surface area contributed by atoms with Crippen molar-refractivity contribution in [2.45, 2.75) is 32.6 Å². The number of ether oxygens (including phenoxy) is 1. The lowest BCUT2D eigenvalue weighted by atomic mass is 9.84. The molecular weight excluding hydrogens is 204 g/mol. The minimum absolute atomic E-state index is 0.103. The molecule has 3 heteroatoms. The average molecular weight is 220 g/mol. The van der Waals surface area contributed by atoms with Gasteiger partial charge in [0.1, 0.15) is 11.5 Å². The summed E-state index contributed by atoms with van der Waals surface area (Å²) in [5.41, 5.74) is 1.78. The summed E-state index contributed by atoms with van der Waals surface area (Å²) in [5.74, 6) is 0.844. The van der Waals surface area contributed by atoms with Gasteiger partial charge in [0, 0.05) is 17.5 Å². The van der Waals surface area contributed by atoms with Gasteiger partial charge in [-0.1, -0.05) is 20.8 Å². The summed E-state index contributed by atoms with van der Waals surface area (Å²) in [4.78, 5) is 11.1. The minimum atomic E-state index is -0.206. The molecule has 1 aromatic carbocycles. The van der Waals surface area contributed by atoms with Gasteiger partial charge in [-0.25, -0.2) is 0 Å². The first kappa shape index (κ1) is 11.0. The van der Waals surface area contributed by atoms with Gasteiger partial charge in [-0.15, -0.1) is 0 Å². The van der Waals surface area contributed by atoms with Crippen molar-refractivity contribution in [3.05, 3.63) is 22.8 Å². The second-order valence-electron chi connectivity index (χ2n) is 5.13. The number of phenols is 1. The zero-order chi connectivity index (χ0) is 11.9. The Bertz CT molecular complexity index is 441. The maximum absolute atomic E-state index is 11.1. The van der Waals surface area contributed by atoms with E-state index < -0.39 is 0 Å². The third-order valence-electron chi connectivity index (χ3n) is 2.94. The molecule has 0 aliphatic carbocycles. The molecule has 16 heavy (non-hydrogen) atoms. The van der Waals surface area contributed by atoms with Gasteiger partial charge in [-0.3, -0.25) is 4.79 Å². The molecule has 1 aromatic rings. The minimum Gasteiger partial charge on any atom is -0.507 e. The summed E-state index contributed by atoms with van der Waals surface area (Å²) < 4.78 is 5.46. The van der Waals surface area contributed by atoms with Crippen molar-refractivity contribution in [1.82, 2.24) is 0 Å². The van der Waals surface area contributed by atoms with E-state index in [0.29, 0.717) is 18.6 Å². The lowest BCUT2D eigenvalue weighted by molar-refractivity contribution is 0.112. The molecule has 0 bridgehead atoms. The van der Waals surface area contributed by atoms with Crippen LogP contribution in [0.4, 0.5) is 0 Å². The number of fused-ring (bicyclic) bond motifs is 1. The van der Waals surface area contributed by atoms with E-state index in [1.165, 1.54) is 0 Å². The highest BCUT2D eigenvalue weighted by Gasteiger charge is 2.27. The molecule has 1 N–H and O–H groups in total. The molecule has 1 aliphatic rings. The first-order chi connectivity index (χ1) is 7.45. The van der Waals surface area contributed by atoms with E-state index in [1.54, 1.807) is 0 Å². The summed E-state index contributed by atoms with van der Waals surface area (Å²) in [6.45, 7) is 6.58. The van der Waals surface area contributed by atoms with Crippen molar-refractivity contribution >= 4 is 6.29 Å². The largest absolute Gasteiger partial charge is 0.507 e. The molecule has 3 nitrogen and oxygen atoms in total. The van der Waals surface area contributed by atoms with Crippen molar-refractivity contribution in [2.75, 3.05) is 6.61 Å². The Kier molecular flexibility index (Phi) is 2.41. The lowest BCUT2D eigenvalue weighted by Crippen LogP contribution is -2.12. The summed E-state index contributed by atoms with van der Waals surface area (Å²) in [6, 6.07) is 1.85. The summed E-state index contributed by atoms with van der Waals surface area (Å²) in [6.07, 6.45) is 1.42. The van der Waals surface area contributed by atoms with Crippen LogP contribution in [-0.4, -0.2) is 18.0 Å². The maximum atomic E-state index is 11.1. The van der Waals surface area contributed by atoms with Gasteiger partial charge in [0.05, 0.1) is 12.2 Å². The lowest BCUT2D eigenvalue weighted by Gasteiger charge is -2.22. The fourth-order valence-electron chi connectivity index (χ4n) is 2.06. The van der Waals surface area contributed by atoms with Crippen molar-refractivity contribution in [1.29, 1.82) is 0 Å². The number of carbonyl (C=O) groups is 1. The van der Waals surface area contributed by atoms with Gasteiger partial charge in [0.15, 0.2) is 6.29 Å². The Labute approximate surface area is 95.0 Å². The molecule has 86 valence electrons. The SMILES string of the molecule is CC(C)(C)c1cc2c(c(C=O)c1O)CCO2. The van der Waals surface area contributed by atoms with Gasteiger partial charge in [-0.2, -0.15) is 0 Å². The van der Waals surface area contributed by atoms with Gasteiger partial charge in [-0.05, 0) is 11.5 Å². The van der Waals surface area contributed by atoms with Crippen LogP contribution in [0.2, 0.25) is 0 Å². The highest BCUT2D eigenvalue weighted by atomic mass is 16.5. The Balaban J connectivity index is 2.70. The Morgan fingerprint density at radius 1 is 1.44 bits per heavy atom. The highest BCUT2D eigenvalue weighted by Crippen LogP contribution is 2.41. The van der Waals surface area contributed by atoms with Crippen LogP contribution in [0.25, 0.3) is 0 Å². The first-order valence-electron chi connectivity index (χ1n) is 5.42. The molecule has 2 rings (SSSR count). The number of benzene rings is 1. The van der Waals surface area contributed by atoms with Crippen molar-refractivity contribution in [3.63, 3.8) is 0 Å². The van der Waals surface area contributed by atoms with E-state index in [2.05, 4.69) is 0 Å². The molecule has 0 fully saturated rings. The fraction of sp³-hybridized carbons (Fsp3) is 0.462. The molecule has 0 radical (unpaired) electrons. The number of carbonyl (C=O) groups excluding carboxylic acids is 1. The molecule has 0 saturated carbocycles. The van der Waals surface area contributed by atoms with Crippen LogP contribution in [0, 0.1) is 0 Å². The smallest absolute Gasteiger partial charge is 0.154 e. The van der Waals surface area contributed by atoms with E-state index in [0.717, 1.165) is 23.2 Å². The van der Waals surface area contributed by atoms with Gasteiger partial charge >= 0.3 is 0 Å². The number of rotatable bonds is 1. The second kappa shape index (κ2) is 3.51. The van der Waals surface area contributed by atoms with E-state index in [9.17, 15) is 9.90 Å². The van der Waals surface area contributed by atoms with Crippen molar-refractivity contribution in [3.8, 4) is 11.5 Å². The average Bonchev–Trinajstić information content (AvgIpc) is 2.62. The van der Waals surface area contributed by atoms with Gasteiger partial charge in [0.2, 0.25) is 0 Å². The molecule has 0 saturated heterocycles. The topological polar surface area (TPSA) is 46.5 Å². The summed E-state index contributed by atoms with van der Waals surface area (Å²) >= 11 is 0. The Hall–Kier alpha value is -1.51. The van der Waals surface area contributed by atoms with Crippen LogP contribution in [-0.2, 0) is 11.8 Å². The quantitative estimate of drug-likeness (QED) is 0.739. The standard InChI is InChI=1S/C13H16O3/c1-13(2,3)10-6-11-8(4-5-16-11)9(7-14)12(10)15/h6-7,15H,4-5H2,1-3H3. The monoisotopic (exact) mass is 220 g/mol. The van der Waals surface area contributed by atoms with Crippen LogP contribution < -0.4 is 4.74 Å². The Morgan fingerprint density at radius 3 is 2.69 bits per heavy atom. The van der Waals surface area contributed by atoms with E-state index >= 15 is 0 Å². The number of hydrogen-bond donors (Lipinski definition) is 1. The maximum Gasteiger partial charge on any atom is 0.154 e. The fourth-order valence-corrected chi connectivity index (χ4v) is 2.06. The van der Waals surface area contributed by atoms with Crippen molar-refractivity contribution < 1.29 is 14.6 Å². The van der Waals surface area contributed by atoms with Crippen LogP contribution in [0.5, 0.6) is 11.5 Å². The molecule has 0 atom stereocenters. The molecule has 0 spiro atoms. The molecule has 0 unspecified atom stereocenters. The number of hydrogen-bond acceptors (Lipinski definition) is 3. The Morgan fingerprint density at radius 2 is 2.12 bits per heavy atom. The van der Waals surface area contributed by atoms with Crippen LogP contribution in [0.15, 0.2) is 6.07 Å². The van der Waals surface area contributed by atoms with E-state index in [4.69, 9.17) is 4.74 Å². The molecular formula is C13H16O3.